The Balaban J connectivity index is 1.79. The minimum Gasteiger partial charge on any atom is -0.493 e. The summed E-state index contributed by atoms with van der Waals surface area (Å²) in [7, 11) is 3.17. The zero-order chi connectivity index (χ0) is 18.1. The van der Waals surface area contributed by atoms with E-state index in [9.17, 15) is 4.79 Å². The van der Waals surface area contributed by atoms with Crippen molar-refractivity contribution >= 4 is 21.6 Å². The van der Waals surface area contributed by atoms with E-state index in [1.165, 1.54) is 11.3 Å². The highest BCUT2D eigenvalue weighted by Gasteiger charge is 2.15. The zero-order valence-corrected chi connectivity index (χ0v) is 14.9. The molecule has 0 radical (unpaired) electrons. The summed E-state index contributed by atoms with van der Waals surface area (Å²) in [5.41, 5.74) is 1.49. The number of fused-ring (bicyclic) bond motifs is 1. The highest BCUT2D eigenvalue weighted by atomic mass is 32.1. The van der Waals surface area contributed by atoms with Gasteiger partial charge in [0, 0.05) is 17.1 Å². The van der Waals surface area contributed by atoms with Gasteiger partial charge in [-0.1, -0.05) is 11.3 Å². The molecule has 0 amide bonds. The fourth-order valence-electron chi connectivity index (χ4n) is 2.76. The molecule has 3 heterocycles. The van der Waals surface area contributed by atoms with Gasteiger partial charge in [-0.2, -0.15) is 0 Å². The van der Waals surface area contributed by atoms with E-state index in [4.69, 9.17) is 9.47 Å². The molecule has 1 aromatic carbocycles. The second-order valence-corrected chi connectivity index (χ2v) is 6.37. The number of thiophene rings is 1. The standard InChI is InChI=1S/C17H15N5O3S/c1-24-12-4-3-10(7-13(12)25-2)11-9-26-17-15(11)16(23)19-14(20-17)8-22-6-5-18-21-22/h3-7,9H,8H2,1-2H3,(H,19,20,23). The quantitative estimate of drug-likeness (QED) is 0.580. The molecule has 0 unspecified atom stereocenters. The van der Waals surface area contributed by atoms with Crippen molar-refractivity contribution in [2.75, 3.05) is 14.2 Å². The summed E-state index contributed by atoms with van der Waals surface area (Å²) >= 11 is 1.42. The fourth-order valence-corrected chi connectivity index (χ4v) is 3.72. The second kappa shape index (κ2) is 6.60. The van der Waals surface area contributed by atoms with Gasteiger partial charge in [-0.05, 0) is 17.7 Å². The third-order valence-corrected chi connectivity index (χ3v) is 4.84. The molecule has 3 aromatic heterocycles. The van der Waals surface area contributed by atoms with Crippen molar-refractivity contribution in [1.29, 1.82) is 0 Å². The van der Waals surface area contributed by atoms with E-state index in [0.717, 1.165) is 11.1 Å². The molecule has 4 aromatic rings. The van der Waals surface area contributed by atoms with E-state index in [-0.39, 0.29) is 5.56 Å². The van der Waals surface area contributed by atoms with Gasteiger partial charge >= 0.3 is 0 Å². The summed E-state index contributed by atoms with van der Waals surface area (Å²) in [6, 6.07) is 5.56. The number of aromatic nitrogens is 5. The van der Waals surface area contributed by atoms with Gasteiger partial charge in [-0.3, -0.25) is 4.79 Å². The van der Waals surface area contributed by atoms with Gasteiger partial charge in [0.2, 0.25) is 0 Å². The Bertz CT molecular complexity index is 1120. The Kier molecular flexibility index (Phi) is 4.13. The van der Waals surface area contributed by atoms with Crippen LogP contribution in [0.3, 0.4) is 0 Å². The first-order chi connectivity index (χ1) is 12.7. The van der Waals surface area contributed by atoms with Gasteiger partial charge in [-0.25, -0.2) is 9.67 Å². The number of nitrogens with zero attached hydrogens (tertiary/aromatic N) is 4. The largest absolute Gasteiger partial charge is 0.493 e. The van der Waals surface area contributed by atoms with Crippen LogP contribution in [-0.2, 0) is 6.54 Å². The van der Waals surface area contributed by atoms with Crippen LogP contribution >= 0.6 is 11.3 Å². The lowest BCUT2D eigenvalue weighted by Gasteiger charge is -2.09. The van der Waals surface area contributed by atoms with Crippen LogP contribution in [0.2, 0.25) is 0 Å². The molecule has 0 atom stereocenters. The van der Waals surface area contributed by atoms with Crippen molar-refractivity contribution in [3.05, 3.63) is 52.2 Å². The van der Waals surface area contributed by atoms with Crippen LogP contribution in [0, 0.1) is 0 Å². The van der Waals surface area contributed by atoms with Gasteiger partial charge < -0.3 is 14.5 Å². The molecule has 0 aliphatic carbocycles. The summed E-state index contributed by atoms with van der Waals surface area (Å²) in [5, 5.41) is 10.1. The average molecular weight is 369 g/mol. The zero-order valence-electron chi connectivity index (χ0n) is 14.1. The number of rotatable bonds is 5. The Morgan fingerprint density at radius 3 is 2.81 bits per heavy atom. The minimum atomic E-state index is -0.184. The molecule has 0 aliphatic heterocycles. The number of ether oxygens (including phenoxy) is 2. The number of H-pyrrole nitrogens is 1. The third-order valence-electron chi connectivity index (χ3n) is 3.97. The van der Waals surface area contributed by atoms with E-state index >= 15 is 0 Å². The molecule has 0 spiro atoms. The third kappa shape index (κ3) is 2.82. The van der Waals surface area contributed by atoms with Gasteiger partial charge in [0.05, 0.1) is 25.8 Å². The number of aromatic amines is 1. The Morgan fingerprint density at radius 1 is 1.23 bits per heavy atom. The van der Waals surface area contributed by atoms with Gasteiger partial charge in [0.15, 0.2) is 11.5 Å². The predicted octanol–water partition coefficient (Wildman–Crippen LogP) is 2.31. The van der Waals surface area contributed by atoms with Crippen LogP contribution in [0.4, 0.5) is 0 Å². The van der Waals surface area contributed by atoms with E-state index in [1.807, 2.05) is 23.6 Å². The molecule has 4 rings (SSSR count). The summed E-state index contributed by atoms with van der Waals surface area (Å²) in [6.45, 7) is 0.356. The molecule has 0 saturated carbocycles. The highest BCUT2D eigenvalue weighted by Crippen LogP contribution is 2.36. The molecule has 0 bridgehead atoms. The molecule has 26 heavy (non-hydrogen) atoms. The minimum absolute atomic E-state index is 0.184. The summed E-state index contributed by atoms with van der Waals surface area (Å²) in [6.07, 6.45) is 3.30. The van der Waals surface area contributed by atoms with E-state index < -0.39 is 0 Å². The molecular formula is C17H15N5O3S. The SMILES string of the molecule is COc1ccc(-c2csc3nc(Cn4ccnn4)[nH]c(=O)c23)cc1OC. The Morgan fingerprint density at radius 2 is 2.08 bits per heavy atom. The van der Waals surface area contributed by atoms with Crippen molar-refractivity contribution < 1.29 is 9.47 Å². The highest BCUT2D eigenvalue weighted by molar-refractivity contribution is 7.17. The number of nitrogens with one attached hydrogen (secondary N) is 1. The maximum absolute atomic E-state index is 12.7. The van der Waals surface area contributed by atoms with Crippen LogP contribution in [0.25, 0.3) is 21.3 Å². The Hall–Kier alpha value is -3.20. The normalized spacial score (nSPS) is 11.0. The number of hydrogen-bond donors (Lipinski definition) is 1. The Labute approximate surface area is 152 Å². The van der Waals surface area contributed by atoms with Crippen LogP contribution in [0.1, 0.15) is 5.82 Å². The molecule has 9 heteroatoms. The molecule has 8 nitrogen and oxygen atoms in total. The molecule has 0 saturated heterocycles. The van der Waals surface area contributed by atoms with E-state index in [0.29, 0.717) is 34.1 Å². The van der Waals surface area contributed by atoms with Crippen molar-refractivity contribution in [3.63, 3.8) is 0 Å². The van der Waals surface area contributed by atoms with Crippen LogP contribution in [0.15, 0.2) is 40.8 Å². The molecule has 0 fully saturated rings. The lowest BCUT2D eigenvalue weighted by Crippen LogP contribution is -2.14. The average Bonchev–Trinajstić information content (AvgIpc) is 3.31. The van der Waals surface area contributed by atoms with Gasteiger partial charge in [0.25, 0.3) is 5.56 Å². The summed E-state index contributed by atoms with van der Waals surface area (Å²) < 4.78 is 12.2. The van der Waals surface area contributed by atoms with Crippen molar-refractivity contribution in [1.82, 2.24) is 25.0 Å². The molecule has 1 N–H and O–H groups in total. The first-order valence-corrected chi connectivity index (χ1v) is 8.64. The van der Waals surface area contributed by atoms with Crippen LogP contribution in [0.5, 0.6) is 11.5 Å². The fraction of sp³-hybridized carbons (Fsp3) is 0.176. The van der Waals surface area contributed by atoms with Crippen molar-refractivity contribution in [2.24, 2.45) is 0 Å². The maximum atomic E-state index is 12.7. The van der Waals surface area contributed by atoms with Gasteiger partial charge in [-0.15, -0.1) is 16.4 Å². The summed E-state index contributed by atoms with van der Waals surface area (Å²) in [4.78, 5) is 20.7. The first-order valence-electron chi connectivity index (χ1n) is 7.76. The summed E-state index contributed by atoms with van der Waals surface area (Å²) in [5.74, 6) is 1.78. The predicted molar refractivity (Wildman–Crippen MR) is 97.9 cm³/mol. The van der Waals surface area contributed by atoms with Crippen molar-refractivity contribution in [3.8, 4) is 22.6 Å². The molecule has 0 aliphatic rings. The van der Waals surface area contributed by atoms with Crippen LogP contribution < -0.4 is 15.0 Å². The molecule has 132 valence electrons. The van der Waals surface area contributed by atoms with E-state index in [2.05, 4.69) is 20.3 Å². The van der Waals surface area contributed by atoms with E-state index in [1.54, 1.807) is 31.3 Å². The van der Waals surface area contributed by atoms with Gasteiger partial charge in [0.1, 0.15) is 17.2 Å². The lowest BCUT2D eigenvalue weighted by molar-refractivity contribution is 0.355. The smallest absolute Gasteiger partial charge is 0.260 e. The molecular weight excluding hydrogens is 354 g/mol. The second-order valence-electron chi connectivity index (χ2n) is 5.51. The number of hydrogen-bond acceptors (Lipinski definition) is 7. The lowest BCUT2D eigenvalue weighted by atomic mass is 10.1. The number of benzene rings is 1. The topological polar surface area (TPSA) is 94.9 Å². The maximum Gasteiger partial charge on any atom is 0.260 e. The monoisotopic (exact) mass is 369 g/mol. The van der Waals surface area contributed by atoms with Crippen molar-refractivity contribution in [2.45, 2.75) is 6.54 Å². The first kappa shape index (κ1) is 16.3. The van der Waals surface area contributed by atoms with Crippen LogP contribution in [-0.4, -0.2) is 39.2 Å². The number of methoxy groups -OCH3 is 2.